The second kappa shape index (κ2) is 5.27. The van der Waals surface area contributed by atoms with Crippen LogP contribution in [0.15, 0.2) is 36.5 Å². The van der Waals surface area contributed by atoms with E-state index >= 15 is 0 Å². The van der Waals surface area contributed by atoms with E-state index in [1.807, 2.05) is 24.3 Å². The van der Waals surface area contributed by atoms with E-state index in [0.717, 1.165) is 16.5 Å². The van der Waals surface area contributed by atoms with Crippen molar-refractivity contribution in [2.75, 3.05) is 0 Å². The van der Waals surface area contributed by atoms with E-state index < -0.39 is 12.0 Å². The molecular formula is C13H12N2O3. The largest absolute Gasteiger partial charge is 0.480 e. The Hall–Kier alpha value is -2.43. The summed E-state index contributed by atoms with van der Waals surface area (Å²) in [5, 5.41) is 12.2. The van der Waals surface area contributed by atoms with Crippen molar-refractivity contribution in [1.82, 2.24) is 10.3 Å². The van der Waals surface area contributed by atoms with Crippen LogP contribution in [0.4, 0.5) is 0 Å². The second-order valence-corrected chi connectivity index (χ2v) is 3.87. The lowest BCUT2D eigenvalue weighted by atomic mass is 10.0. The number of para-hydroxylation sites is 1. The number of carbonyl (C=O) groups is 2. The molecule has 0 bridgehead atoms. The van der Waals surface area contributed by atoms with Crippen molar-refractivity contribution in [3.8, 4) is 0 Å². The molecule has 2 aromatic rings. The average molecular weight is 244 g/mol. The number of carbonyl (C=O) groups excluding carboxylic acids is 1. The monoisotopic (exact) mass is 244 g/mol. The zero-order valence-corrected chi connectivity index (χ0v) is 9.54. The molecule has 0 saturated carbocycles. The normalized spacial score (nSPS) is 12.0. The van der Waals surface area contributed by atoms with Gasteiger partial charge in [-0.3, -0.25) is 9.78 Å². The topological polar surface area (TPSA) is 79.3 Å². The third-order valence-electron chi connectivity index (χ3n) is 2.73. The summed E-state index contributed by atoms with van der Waals surface area (Å²) in [6.45, 7) is 0. The van der Waals surface area contributed by atoms with Crippen molar-refractivity contribution < 1.29 is 14.7 Å². The van der Waals surface area contributed by atoms with Gasteiger partial charge in [-0.15, -0.1) is 0 Å². The molecule has 18 heavy (non-hydrogen) atoms. The van der Waals surface area contributed by atoms with Gasteiger partial charge in [0.15, 0.2) is 0 Å². The Morgan fingerprint density at radius 1 is 1.39 bits per heavy atom. The van der Waals surface area contributed by atoms with Crippen LogP contribution in [0.2, 0.25) is 0 Å². The van der Waals surface area contributed by atoms with Crippen LogP contribution in [-0.2, 0) is 16.0 Å². The van der Waals surface area contributed by atoms with Crippen LogP contribution in [0.1, 0.15) is 5.56 Å². The predicted molar refractivity (Wildman–Crippen MR) is 66.1 cm³/mol. The van der Waals surface area contributed by atoms with Gasteiger partial charge in [0.2, 0.25) is 6.41 Å². The lowest BCUT2D eigenvalue weighted by Gasteiger charge is -2.12. The van der Waals surface area contributed by atoms with Gasteiger partial charge in [-0.2, -0.15) is 0 Å². The minimum Gasteiger partial charge on any atom is -0.480 e. The third-order valence-corrected chi connectivity index (χ3v) is 2.73. The molecule has 2 N–H and O–H groups in total. The SMILES string of the molecule is O=CNC(Cc1ccnc2ccccc12)C(=O)O. The molecule has 1 aromatic heterocycles. The molecule has 0 aliphatic rings. The highest BCUT2D eigenvalue weighted by Gasteiger charge is 2.17. The van der Waals surface area contributed by atoms with Gasteiger partial charge in [0.25, 0.3) is 0 Å². The van der Waals surface area contributed by atoms with Crippen LogP contribution in [0.3, 0.4) is 0 Å². The molecule has 5 heteroatoms. The van der Waals surface area contributed by atoms with Crippen molar-refractivity contribution in [3.63, 3.8) is 0 Å². The Bertz CT molecular complexity index is 578. The Labute approximate surface area is 103 Å². The minimum atomic E-state index is -1.05. The fourth-order valence-electron chi connectivity index (χ4n) is 1.85. The molecule has 1 unspecified atom stereocenters. The van der Waals surface area contributed by atoms with Crippen LogP contribution < -0.4 is 5.32 Å². The number of fused-ring (bicyclic) bond motifs is 1. The summed E-state index contributed by atoms with van der Waals surface area (Å²) in [5.74, 6) is -1.05. The fraction of sp³-hybridized carbons (Fsp3) is 0.154. The lowest BCUT2D eigenvalue weighted by Crippen LogP contribution is -2.37. The summed E-state index contributed by atoms with van der Waals surface area (Å²) in [7, 11) is 0. The molecule has 0 spiro atoms. The summed E-state index contributed by atoms with van der Waals surface area (Å²) in [4.78, 5) is 25.6. The molecule has 1 atom stereocenters. The molecule has 1 amide bonds. The minimum absolute atomic E-state index is 0.233. The van der Waals surface area contributed by atoms with Crippen LogP contribution in [0.25, 0.3) is 10.9 Å². The summed E-state index contributed by atoms with van der Waals surface area (Å²) in [5.41, 5.74) is 1.66. The van der Waals surface area contributed by atoms with Crippen molar-refractivity contribution in [2.24, 2.45) is 0 Å². The third kappa shape index (κ3) is 2.45. The standard InChI is InChI=1S/C13H12N2O3/c16-8-15-12(13(17)18)7-9-5-6-14-11-4-2-1-3-10(9)11/h1-6,8,12H,7H2,(H,15,16)(H,17,18). The summed E-state index contributed by atoms with van der Waals surface area (Å²) in [6.07, 6.45) is 2.27. The van der Waals surface area contributed by atoms with Gasteiger partial charge in [0, 0.05) is 18.0 Å². The van der Waals surface area contributed by atoms with Crippen molar-refractivity contribution in [1.29, 1.82) is 0 Å². The number of hydrogen-bond donors (Lipinski definition) is 2. The van der Waals surface area contributed by atoms with E-state index in [2.05, 4.69) is 10.3 Å². The number of pyridine rings is 1. The van der Waals surface area contributed by atoms with E-state index in [0.29, 0.717) is 6.41 Å². The van der Waals surface area contributed by atoms with Gasteiger partial charge in [-0.1, -0.05) is 18.2 Å². The smallest absolute Gasteiger partial charge is 0.326 e. The number of nitrogens with one attached hydrogen (secondary N) is 1. The molecule has 0 aliphatic carbocycles. The molecule has 5 nitrogen and oxygen atoms in total. The van der Waals surface area contributed by atoms with Crippen LogP contribution >= 0.6 is 0 Å². The van der Waals surface area contributed by atoms with Gasteiger partial charge in [0.05, 0.1) is 5.52 Å². The average Bonchev–Trinajstić information content (AvgIpc) is 2.38. The van der Waals surface area contributed by atoms with Crippen LogP contribution in [0.5, 0.6) is 0 Å². The Morgan fingerprint density at radius 3 is 2.89 bits per heavy atom. The van der Waals surface area contributed by atoms with Crippen molar-refractivity contribution in [3.05, 3.63) is 42.1 Å². The first kappa shape index (κ1) is 12.0. The highest BCUT2D eigenvalue weighted by molar-refractivity contribution is 5.83. The first-order valence-corrected chi connectivity index (χ1v) is 5.47. The van der Waals surface area contributed by atoms with Crippen LogP contribution in [-0.4, -0.2) is 28.5 Å². The quantitative estimate of drug-likeness (QED) is 0.768. The Balaban J connectivity index is 2.36. The second-order valence-electron chi connectivity index (χ2n) is 3.87. The number of rotatable bonds is 5. The summed E-state index contributed by atoms with van der Waals surface area (Å²) >= 11 is 0. The first-order chi connectivity index (χ1) is 8.72. The molecule has 1 heterocycles. The van der Waals surface area contributed by atoms with Gasteiger partial charge in [-0.05, 0) is 17.7 Å². The summed E-state index contributed by atoms with van der Waals surface area (Å²) in [6, 6.07) is 8.34. The molecular weight excluding hydrogens is 232 g/mol. The maximum atomic E-state index is 11.0. The Morgan fingerprint density at radius 2 is 2.17 bits per heavy atom. The predicted octanol–water partition coefficient (Wildman–Crippen LogP) is 0.976. The molecule has 1 aromatic carbocycles. The lowest BCUT2D eigenvalue weighted by molar-refractivity contribution is -0.140. The number of benzene rings is 1. The molecule has 0 aliphatic heterocycles. The number of aliphatic carboxylic acids is 1. The number of aromatic nitrogens is 1. The van der Waals surface area contributed by atoms with Gasteiger partial charge in [-0.25, -0.2) is 4.79 Å². The van der Waals surface area contributed by atoms with E-state index in [4.69, 9.17) is 5.11 Å². The zero-order chi connectivity index (χ0) is 13.0. The molecule has 2 rings (SSSR count). The van der Waals surface area contributed by atoms with E-state index in [-0.39, 0.29) is 6.42 Å². The van der Waals surface area contributed by atoms with E-state index in [1.165, 1.54) is 0 Å². The van der Waals surface area contributed by atoms with Crippen molar-refractivity contribution >= 4 is 23.3 Å². The molecule has 0 saturated heterocycles. The Kier molecular flexibility index (Phi) is 3.52. The van der Waals surface area contributed by atoms with Gasteiger partial charge < -0.3 is 10.4 Å². The zero-order valence-electron chi connectivity index (χ0n) is 9.54. The number of nitrogens with zero attached hydrogens (tertiary/aromatic N) is 1. The molecule has 0 fully saturated rings. The van der Waals surface area contributed by atoms with E-state index in [9.17, 15) is 9.59 Å². The fourth-order valence-corrected chi connectivity index (χ4v) is 1.85. The molecule has 92 valence electrons. The molecule has 0 radical (unpaired) electrons. The summed E-state index contributed by atoms with van der Waals surface area (Å²) < 4.78 is 0. The number of carboxylic acids is 1. The van der Waals surface area contributed by atoms with E-state index in [1.54, 1.807) is 12.3 Å². The maximum Gasteiger partial charge on any atom is 0.326 e. The first-order valence-electron chi connectivity index (χ1n) is 5.47. The van der Waals surface area contributed by atoms with Crippen molar-refractivity contribution in [2.45, 2.75) is 12.5 Å². The maximum absolute atomic E-state index is 11.0. The number of carboxylic acid groups (broad SMARTS) is 1. The van der Waals surface area contributed by atoms with Gasteiger partial charge >= 0.3 is 5.97 Å². The number of amides is 1. The highest BCUT2D eigenvalue weighted by atomic mass is 16.4. The van der Waals surface area contributed by atoms with Gasteiger partial charge in [0.1, 0.15) is 6.04 Å². The number of hydrogen-bond acceptors (Lipinski definition) is 3. The highest BCUT2D eigenvalue weighted by Crippen LogP contribution is 2.17. The van der Waals surface area contributed by atoms with Crippen LogP contribution in [0, 0.1) is 0 Å².